The average molecular weight is 252 g/mol. The maximum atomic E-state index is 11.9. The van der Waals surface area contributed by atoms with Crippen LogP contribution in [0.4, 0.5) is 10.7 Å². The van der Waals surface area contributed by atoms with Gasteiger partial charge in [-0.05, 0) is 12.0 Å². The number of carboxylic acids is 1. The number of anilines is 1. The molecule has 0 saturated carbocycles. The molecule has 0 aliphatic heterocycles. The normalized spacial score (nSPS) is 10.2. The molecule has 0 atom stereocenters. The van der Waals surface area contributed by atoms with E-state index in [0.29, 0.717) is 6.54 Å². The van der Waals surface area contributed by atoms with Crippen LogP contribution in [0.2, 0.25) is 0 Å². The van der Waals surface area contributed by atoms with Gasteiger partial charge in [0.1, 0.15) is 6.54 Å². The number of hydrogen-bond acceptors (Lipinski definition) is 4. The van der Waals surface area contributed by atoms with Crippen LogP contribution in [0.25, 0.3) is 0 Å². The second kappa shape index (κ2) is 6.53. The van der Waals surface area contributed by atoms with Gasteiger partial charge in [-0.25, -0.2) is 14.8 Å². The number of hydrogen-bond donors (Lipinski definition) is 2. The molecule has 2 amide bonds. The van der Waals surface area contributed by atoms with Gasteiger partial charge >= 0.3 is 12.0 Å². The Bertz CT molecular complexity index is 408. The van der Waals surface area contributed by atoms with Gasteiger partial charge in [0.05, 0.1) is 0 Å². The monoisotopic (exact) mass is 252 g/mol. The summed E-state index contributed by atoms with van der Waals surface area (Å²) in [5.41, 5.74) is 0. The summed E-state index contributed by atoms with van der Waals surface area (Å²) in [5, 5.41) is 11.2. The van der Waals surface area contributed by atoms with Crippen molar-refractivity contribution in [2.45, 2.75) is 13.8 Å². The van der Waals surface area contributed by atoms with E-state index in [1.165, 1.54) is 17.3 Å². The second-order valence-electron chi connectivity index (χ2n) is 4.17. The standard InChI is InChI=1S/C11H16N4O3/c1-8(2)6-15(7-9(16)17)11(18)14-10-12-4-3-5-13-10/h3-5,8H,6-7H2,1-2H3,(H,16,17)(H,12,13,14,18). The summed E-state index contributed by atoms with van der Waals surface area (Å²) in [6.45, 7) is 3.81. The highest BCUT2D eigenvalue weighted by Gasteiger charge is 2.18. The lowest BCUT2D eigenvalue weighted by molar-refractivity contribution is -0.137. The minimum absolute atomic E-state index is 0.154. The summed E-state index contributed by atoms with van der Waals surface area (Å²) in [5.74, 6) is -0.729. The highest BCUT2D eigenvalue weighted by Crippen LogP contribution is 2.03. The fourth-order valence-electron chi connectivity index (χ4n) is 1.36. The Morgan fingerprint density at radius 1 is 1.39 bits per heavy atom. The molecular formula is C11H16N4O3. The van der Waals surface area contributed by atoms with Crippen LogP contribution in [0.5, 0.6) is 0 Å². The molecule has 0 fully saturated rings. The number of nitrogens with zero attached hydrogens (tertiary/aromatic N) is 3. The van der Waals surface area contributed by atoms with Crippen LogP contribution >= 0.6 is 0 Å². The van der Waals surface area contributed by atoms with Crippen molar-refractivity contribution < 1.29 is 14.7 Å². The van der Waals surface area contributed by atoms with E-state index in [4.69, 9.17) is 5.11 Å². The van der Waals surface area contributed by atoms with E-state index in [1.54, 1.807) is 6.07 Å². The largest absolute Gasteiger partial charge is 0.480 e. The molecule has 0 spiro atoms. The van der Waals surface area contributed by atoms with E-state index >= 15 is 0 Å². The van der Waals surface area contributed by atoms with Crippen molar-refractivity contribution in [3.8, 4) is 0 Å². The minimum Gasteiger partial charge on any atom is -0.480 e. The summed E-state index contributed by atoms with van der Waals surface area (Å²) in [6.07, 6.45) is 2.99. The maximum absolute atomic E-state index is 11.9. The third-order valence-corrected chi connectivity index (χ3v) is 1.98. The maximum Gasteiger partial charge on any atom is 0.324 e. The number of amides is 2. The van der Waals surface area contributed by atoms with Gasteiger partial charge in [0.15, 0.2) is 0 Å². The molecule has 1 rings (SSSR count). The van der Waals surface area contributed by atoms with E-state index in [9.17, 15) is 9.59 Å². The van der Waals surface area contributed by atoms with Gasteiger partial charge in [-0.1, -0.05) is 13.8 Å². The smallest absolute Gasteiger partial charge is 0.324 e. The first-order valence-corrected chi connectivity index (χ1v) is 5.53. The summed E-state index contributed by atoms with van der Waals surface area (Å²) in [6, 6.07) is 1.11. The number of aromatic nitrogens is 2. The first-order valence-electron chi connectivity index (χ1n) is 5.53. The van der Waals surface area contributed by atoms with Gasteiger partial charge in [0.2, 0.25) is 5.95 Å². The number of nitrogens with one attached hydrogen (secondary N) is 1. The molecule has 0 aromatic carbocycles. The van der Waals surface area contributed by atoms with Crippen LogP contribution in [0.15, 0.2) is 18.5 Å². The third kappa shape index (κ3) is 4.77. The lowest BCUT2D eigenvalue weighted by Crippen LogP contribution is -2.41. The Hall–Kier alpha value is -2.18. The Labute approximate surface area is 105 Å². The molecule has 7 nitrogen and oxygen atoms in total. The molecule has 0 saturated heterocycles. The number of carboxylic acid groups (broad SMARTS) is 1. The van der Waals surface area contributed by atoms with Crippen LogP contribution in [-0.4, -0.2) is 45.1 Å². The van der Waals surface area contributed by atoms with Crippen molar-refractivity contribution in [3.63, 3.8) is 0 Å². The van der Waals surface area contributed by atoms with E-state index in [1.807, 2.05) is 13.8 Å². The topological polar surface area (TPSA) is 95.4 Å². The van der Waals surface area contributed by atoms with Crippen molar-refractivity contribution in [2.24, 2.45) is 5.92 Å². The number of aliphatic carboxylic acids is 1. The molecule has 7 heteroatoms. The third-order valence-electron chi connectivity index (χ3n) is 1.98. The molecule has 18 heavy (non-hydrogen) atoms. The van der Waals surface area contributed by atoms with Crippen molar-refractivity contribution >= 4 is 17.9 Å². The molecule has 1 aromatic rings. The van der Waals surface area contributed by atoms with E-state index in [0.717, 1.165) is 0 Å². The molecule has 2 N–H and O–H groups in total. The van der Waals surface area contributed by atoms with Gasteiger partial charge in [0, 0.05) is 18.9 Å². The van der Waals surface area contributed by atoms with Crippen molar-refractivity contribution in [2.75, 3.05) is 18.4 Å². The Morgan fingerprint density at radius 2 is 2.00 bits per heavy atom. The van der Waals surface area contributed by atoms with Crippen LogP contribution in [0.1, 0.15) is 13.8 Å². The van der Waals surface area contributed by atoms with E-state index in [-0.39, 0.29) is 18.4 Å². The highest BCUT2D eigenvalue weighted by atomic mass is 16.4. The van der Waals surface area contributed by atoms with Gasteiger partial charge in [-0.15, -0.1) is 0 Å². The van der Waals surface area contributed by atoms with Gasteiger partial charge in [-0.2, -0.15) is 0 Å². The summed E-state index contributed by atoms with van der Waals surface area (Å²) < 4.78 is 0. The predicted octanol–water partition coefficient (Wildman–Crippen LogP) is 1.05. The lowest BCUT2D eigenvalue weighted by Gasteiger charge is -2.22. The minimum atomic E-state index is -1.06. The van der Waals surface area contributed by atoms with Crippen molar-refractivity contribution in [3.05, 3.63) is 18.5 Å². The molecule has 0 aliphatic carbocycles. The van der Waals surface area contributed by atoms with Gasteiger partial charge < -0.3 is 10.0 Å². The fraction of sp³-hybridized carbons (Fsp3) is 0.455. The molecule has 1 aromatic heterocycles. The Kier molecular flexibility index (Phi) is 5.04. The summed E-state index contributed by atoms with van der Waals surface area (Å²) >= 11 is 0. The quantitative estimate of drug-likeness (QED) is 0.816. The molecule has 98 valence electrons. The number of urea groups is 1. The fourth-order valence-corrected chi connectivity index (χ4v) is 1.36. The van der Waals surface area contributed by atoms with Crippen molar-refractivity contribution in [1.29, 1.82) is 0 Å². The van der Waals surface area contributed by atoms with Crippen LogP contribution in [-0.2, 0) is 4.79 Å². The SMILES string of the molecule is CC(C)CN(CC(=O)O)C(=O)Nc1ncccn1. The first kappa shape index (κ1) is 13.9. The van der Waals surface area contributed by atoms with Gasteiger partial charge in [-0.3, -0.25) is 10.1 Å². The summed E-state index contributed by atoms with van der Waals surface area (Å²) in [4.78, 5) is 31.4. The molecule has 0 radical (unpaired) electrons. The molecule has 0 bridgehead atoms. The van der Waals surface area contributed by atoms with E-state index < -0.39 is 12.0 Å². The molecule has 0 aliphatic rings. The van der Waals surface area contributed by atoms with E-state index in [2.05, 4.69) is 15.3 Å². The Balaban J connectivity index is 2.67. The predicted molar refractivity (Wildman–Crippen MR) is 65.1 cm³/mol. The second-order valence-corrected chi connectivity index (χ2v) is 4.17. The zero-order valence-electron chi connectivity index (χ0n) is 10.3. The Morgan fingerprint density at radius 3 is 2.50 bits per heavy atom. The highest BCUT2D eigenvalue weighted by molar-refractivity contribution is 5.89. The van der Waals surface area contributed by atoms with Crippen molar-refractivity contribution in [1.82, 2.24) is 14.9 Å². The summed E-state index contributed by atoms with van der Waals surface area (Å²) in [7, 11) is 0. The zero-order valence-corrected chi connectivity index (χ0v) is 10.3. The molecular weight excluding hydrogens is 236 g/mol. The average Bonchev–Trinajstić information content (AvgIpc) is 2.28. The number of carbonyl (C=O) groups is 2. The molecule has 1 heterocycles. The van der Waals surface area contributed by atoms with Crippen LogP contribution in [0.3, 0.4) is 0 Å². The van der Waals surface area contributed by atoms with Crippen LogP contribution in [0, 0.1) is 5.92 Å². The van der Waals surface area contributed by atoms with Crippen LogP contribution < -0.4 is 5.32 Å². The number of carbonyl (C=O) groups excluding carboxylic acids is 1. The number of rotatable bonds is 5. The first-order chi connectivity index (χ1) is 8.49. The zero-order chi connectivity index (χ0) is 13.5. The van der Waals surface area contributed by atoms with Gasteiger partial charge in [0.25, 0.3) is 0 Å². The molecule has 0 unspecified atom stereocenters. The lowest BCUT2D eigenvalue weighted by atomic mass is 10.2.